The summed E-state index contributed by atoms with van der Waals surface area (Å²) in [6, 6.07) is 9.66. The first kappa shape index (κ1) is 11.2. The van der Waals surface area contributed by atoms with Crippen molar-refractivity contribution in [3.63, 3.8) is 0 Å². The van der Waals surface area contributed by atoms with Gasteiger partial charge in [-0.15, -0.1) is 0 Å². The molecule has 0 amide bonds. The summed E-state index contributed by atoms with van der Waals surface area (Å²) in [5.41, 5.74) is 0.894. The number of rotatable bonds is 5. The van der Waals surface area contributed by atoms with E-state index in [1.54, 1.807) is 4.68 Å². The summed E-state index contributed by atoms with van der Waals surface area (Å²) >= 11 is 0. The largest absolute Gasteiger partial charge is 0.391 e. The zero-order chi connectivity index (χ0) is 12.4. The van der Waals surface area contributed by atoms with Crippen LogP contribution in [0.15, 0.2) is 30.3 Å². The molecular weight excluding hydrogens is 230 g/mol. The van der Waals surface area contributed by atoms with Gasteiger partial charge in [0.2, 0.25) is 5.95 Å². The maximum Gasteiger partial charge on any atom is 0.247 e. The summed E-state index contributed by atoms with van der Waals surface area (Å²) in [5, 5.41) is 24.4. The molecular formula is C12H15N5O. The number of nitrogens with one attached hydrogen (secondary N) is 1. The minimum atomic E-state index is -0.314. The summed E-state index contributed by atoms with van der Waals surface area (Å²) in [7, 11) is 0. The third-order valence-electron chi connectivity index (χ3n) is 3.11. The maximum absolute atomic E-state index is 9.81. The number of aliphatic hydroxyl groups excluding tert-OH is 1. The van der Waals surface area contributed by atoms with Gasteiger partial charge in [-0.25, -0.2) is 0 Å². The van der Waals surface area contributed by atoms with Crippen LogP contribution >= 0.6 is 0 Å². The van der Waals surface area contributed by atoms with Gasteiger partial charge in [-0.1, -0.05) is 23.3 Å². The number of hydrogen-bond acceptors (Lipinski definition) is 5. The molecule has 3 rings (SSSR count). The lowest BCUT2D eigenvalue weighted by Crippen LogP contribution is -2.23. The average Bonchev–Trinajstić information content (AvgIpc) is 3.16. The molecule has 1 aromatic carbocycles. The van der Waals surface area contributed by atoms with Crippen molar-refractivity contribution < 1.29 is 5.11 Å². The van der Waals surface area contributed by atoms with Crippen molar-refractivity contribution in [1.82, 2.24) is 20.2 Å². The molecule has 6 heteroatoms. The number of hydrogen-bond donors (Lipinski definition) is 2. The van der Waals surface area contributed by atoms with Crippen LogP contribution in [-0.2, 0) is 0 Å². The summed E-state index contributed by atoms with van der Waals surface area (Å²) < 4.78 is 1.62. The van der Waals surface area contributed by atoms with Gasteiger partial charge in [0.25, 0.3) is 0 Å². The van der Waals surface area contributed by atoms with Gasteiger partial charge in [0.05, 0.1) is 11.8 Å². The Kier molecular flexibility index (Phi) is 2.93. The molecule has 6 nitrogen and oxygen atoms in total. The van der Waals surface area contributed by atoms with Crippen LogP contribution in [-0.4, -0.2) is 38.0 Å². The van der Waals surface area contributed by atoms with E-state index in [2.05, 4.69) is 20.8 Å². The summed E-state index contributed by atoms with van der Waals surface area (Å²) in [6.07, 6.45) is 1.92. The van der Waals surface area contributed by atoms with Gasteiger partial charge in [-0.3, -0.25) is 0 Å². The van der Waals surface area contributed by atoms with E-state index >= 15 is 0 Å². The van der Waals surface area contributed by atoms with Gasteiger partial charge in [0.1, 0.15) is 0 Å². The number of nitrogens with zero attached hydrogens (tertiary/aromatic N) is 4. The number of para-hydroxylation sites is 1. The number of tetrazole rings is 1. The van der Waals surface area contributed by atoms with Crippen LogP contribution < -0.4 is 5.32 Å². The van der Waals surface area contributed by atoms with Gasteiger partial charge in [0.15, 0.2) is 0 Å². The maximum atomic E-state index is 9.81. The molecule has 1 unspecified atom stereocenters. The predicted octanol–water partition coefficient (Wildman–Crippen LogP) is 0.845. The Labute approximate surface area is 105 Å². The van der Waals surface area contributed by atoms with E-state index in [0.717, 1.165) is 18.5 Å². The lowest BCUT2D eigenvalue weighted by molar-refractivity contribution is 0.164. The van der Waals surface area contributed by atoms with Crippen molar-refractivity contribution in [2.24, 2.45) is 5.92 Å². The third-order valence-corrected chi connectivity index (χ3v) is 3.11. The summed E-state index contributed by atoms with van der Waals surface area (Å²) in [4.78, 5) is 0. The molecule has 2 aromatic rings. The normalized spacial score (nSPS) is 16.5. The quantitative estimate of drug-likeness (QED) is 0.816. The Hall–Kier alpha value is -1.95. The topological polar surface area (TPSA) is 75.9 Å². The Morgan fingerprint density at radius 2 is 2.11 bits per heavy atom. The smallest absolute Gasteiger partial charge is 0.247 e. The average molecular weight is 245 g/mol. The molecule has 1 aromatic heterocycles. The highest BCUT2D eigenvalue weighted by Gasteiger charge is 2.29. The van der Waals surface area contributed by atoms with Crippen LogP contribution in [0.1, 0.15) is 12.8 Å². The predicted molar refractivity (Wildman–Crippen MR) is 66.4 cm³/mol. The van der Waals surface area contributed by atoms with Gasteiger partial charge in [-0.05, 0) is 41.3 Å². The van der Waals surface area contributed by atoms with E-state index in [-0.39, 0.29) is 6.10 Å². The zero-order valence-electron chi connectivity index (χ0n) is 9.90. The molecule has 0 spiro atoms. The van der Waals surface area contributed by atoms with Gasteiger partial charge in [0, 0.05) is 6.54 Å². The molecule has 0 radical (unpaired) electrons. The van der Waals surface area contributed by atoms with Crippen LogP contribution in [0, 0.1) is 5.92 Å². The number of benzene rings is 1. The van der Waals surface area contributed by atoms with Crippen molar-refractivity contribution in [2.75, 3.05) is 11.9 Å². The van der Waals surface area contributed by atoms with Crippen LogP contribution in [0.3, 0.4) is 0 Å². The fraction of sp³-hybridized carbons (Fsp3) is 0.417. The van der Waals surface area contributed by atoms with Crippen molar-refractivity contribution in [1.29, 1.82) is 0 Å². The number of aromatic nitrogens is 4. The third kappa shape index (κ3) is 2.33. The monoisotopic (exact) mass is 245 g/mol. The van der Waals surface area contributed by atoms with Crippen molar-refractivity contribution in [3.8, 4) is 5.69 Å². The van der Waals surface area contributed by atoms with Gasteiger partial charge < -0.3 is 10.4 Å². The summed E-state index contributed by atoms with van der Waals surface area (Å²) in [6.45, 7) is 0.484. The van der Waals surface area contributed by atoms with Crippen molar-refractivity contribution in [3.05, 3.63) is 30.3 Å². The minimum Gasteiger partial charge on any atom is -0.391 e. The van der Waals surface area contributed by atoms with Crippen molar-refractivity contribution >= 4 is 5.95 Å². The lowest BCUT2D eigenvalue weighted by Gasteiger charge is -2.11. The minimum absolute atomic E-state index is 0.314. The fourth-order valence-electron chi connectivity index (χ4n) is 1.88. The SMILES string of the molecule is OC(CNc1nnnn1-c1ccccc1)C1CC1. The second-order valence-corrected chi connectivity index (χ2v) is 4.54. The van der Waals surface area contributed by atoms with Gasteiger partial charge in [-0.2, -0.15) is 4.68 Å². The molecule has 0 aliphatic heterocycles. The van der Waals surface area contributed by atoms with E-state index in [4.69, 9.17) is 0 Å². The van der Waals surface area contributed by atoms with Crippen LogP contribution in [0.2, 0.25) is 0 Å². The van der Waals surface area contributed by atoms with Gasteiger partial charge >= 0.3 is 0 Å². The fourth-order valence-corrected chi connectivity index (χ4v) is 1.88. The highest BCUT2D eigenvalue weighted by atomic mass is 16.3. The molecule has 2 N–H and O–H groups in total. The molecule has 18 heavy (non-hydrogen) atoms. The first-order valence-corrected chi connectivity index (χ1v) is 6.10. The van der Waals surface area contributed by atoms with E-state index in [9.17, 15) is 5.11 Å². The van der Waals surface area contributed by atoms with E-state index in [0.29, 0.717) is 18.4 Å². The first-order chi connectivity index (χ1) is 8.84. The molecule has 1 atom stereocenters. The highest BCUT2D eigenvalue weighted by Crippen LogP contribution is 2.32. The second kappa shape index (κ2) is 4.73. The van der Waals surface area contributed by atoms with E-state index < -0.39 is 0 Å². The molecule has 0 saturated heterocycles. The lowest BCUT2D eigenvalue weighted by atomic mass is 10.2. The molecule has 1 fully saturated rings. The molecule has 1 saturated carbocycles. The zero-order valence-corrected chi connectivity index (χ0v) is 9.90. The Balaban J connectivity index is 1.71. The van der Waals surface area contributed by atoms with Crippen LogP contribution in [0.5, 0.6) is 0 Å². The standard InChI is InChI=1S/C12H15N5O/c18-11(9-6-7-9)8-13-12-14-15-16-17(12)10-4-2-1-3-5-10/h1-5,9,11,18H,6-8H2,(H,13,14,16). The van der Waals surface area contributed by atoms with Crippen molar-refractivity contribution in [2.45, 2.75) is 18.9 Å². The van der Waals surface area contributed by atoms with E-state index in [1.807, 2.05) is 30.3 Å². The number of aliphatic hydroxyl groups is 1. The first-order valence-electron chi connectivity index (χ1n) is 6.10. The Morgan fingerprint density at radius 1 is 1.33 bits per heavy atom. The molecule has 1 heterocycles. The van der Waals surface area contributed by atoms with Crippen LogP contribution in [0.25, 0.3) is 5.69 Å². The molecule has 0 bridgehead atoms. The Morgan fingerprint density at radius 3 is 2.83 bits per heavy atom. The number of anilines is 1. The molecule has 94 valence electrons. The molecule has 1 aliphatic rings. The second-order valence-electron chi connectivity index (χ2n) is 4.54. The molecule has 1 aliphatic carbocycles. The van der Waals surface area contributed by atoms with Crippen LogP contribution in [0.4, 0.5) is 5.95 Å². The highest BCUT2D eigenvalue weighted by molar-refractivity contribution is 5.38. The summed E-state index contributed by atoms with van der Waals surface area (Å²) in [5.74, 6) is 0.999. The van der Waals surface area contributed by atoms with E-state index in [1.165, 1.54) is 0 Å². The Bertz CT molecular complexity index is 508.